The van der Waals surface area contributed by atoms with E-state index >= 15 is 0 Å². The second-order valence-corrected chi connectivity index (χ2v) is 11.7. The van der Waals surface area contributed by atoms with Gasteiger partial charge in [0.2, 0.25) is 5.91 Å². The molecule has 0 spiro atoms. The molecule has 1 amide bonds. The van der Waals surface area contributed by atoms with Crippen molar-refractivity contribution in [1.82, 2.24) is 14.8 Å². The molecular weight excluding hydrogens is 505 g/mol. The lowest BCUT2D eigenvalue weighted by atomic mass is 9.75. The van der Waals surface area contributed by atoms with Gasteiger partial charge < -0.3 is 19.6 Å². The summed E-state index contributed by atoms with van der Waals surface area (Å²) >= 11 is 12.2. The number of ether oxygens (including phenoxy) is 1. The predicted molar refractivity (Wildman–Crippen MR) is 125 cm³/mol. The van der Waals surface area contributed by atoms with E-state index in [1.165, 1.54) is 31.5 Å². The molecule has 9 nitrogen and oxygen atoms in total. The largest absolute Gasteiger partial charge is 0.497 e. The Morgan fingerprint density at radius 1 is 1.21 bits per heavy atom. The predicted octanol–water partition coefficient (Wildman–Crippen LogP) is 2.11. The Morgan fingerprint density at radius 2 is 1.91 bits per heavy atom. The lowest BCUT2D eigenvalue weighted by Gasteiger charge is -2.48. The first-order valence-electron chi connectivity index (χ1n) is 10.4. The van der Waals surface area contributed by atoms with Crippen molar-refractivity contribution in [1.29, 1.82) is 0 Å². The Kier molecular flexibility index (Phi) is 6.54. The molecule has 0 saturated carbocycles. The number of hydrogen-bond donors (Lipinski definition) is 1. The van der Waals surface area contributed by atoms with Crippen LogP contribution in [0.3, 0.4) is 0 Å². The van der Waals surface area contributed by atoms with Crippen molar-refractivity contribution in [2.24, 2.45) is 0 Å². The number of rotatable bonds is 6. The number of carbonyl (C=O) groups is 2. The first kappa shape index (κ1) is 24.7. The molecule has 4 rings (SSSR count). The van der Waals surface area contributed by atoms with Crippen LogP contribution in [0.2, 0.25) is 10.0 Å². The molecule has 2 aromatic rings. The fourth-order valence-electron chi connectivity index (χ4n) is 4.72. The van der Waals surface area contributed by atoms with Crippen LogP contribution in [0, 0.1) is 0 Å². The quantitative estimate of drug-likeness (QED) is 0.606. The molecule has 182 valence electrons. The molecule has 1 N–H and O–H groups in total. The maximum atomic E-state index is 13.8. The molecule has 0 aliphatic carbocycles. The first-order chi connectivity index (χ1) is 16.0. The lowest BCUT2D eigenvalue weighted by molar-refractivity contribution is -0.154. The Bertz CT molecular complexity index is 1230. The number of carboxylic acids is 1. The molecule has 34 heavy (non-hydrogen) atoms. The third-order valence-electron chi connectivity index (χ3n) is 6.40. The van der Waals surface area contributed by atoms with Crippen molar-refractivity contribution in [2.45, 2.75) is 28.0 Å². The Morgan fingerprint density at radius 3 is 2.44 bits per heavy atom. The fourth-order valence-corrected chi connectivity index (χ4v) is 7.06. The van der Waals surface area contributed by atoms with Gasteiger partial charge in [0.15, 0.2) is 9.84 Å². The zero-order chi connectivity index (χ0) is 24.8. The molecule has 2 aliphatic heterocycles. The van der Waals surface area contributed by atoms with Crippen molar-refractivity contribution in [3.8, 4) is 5.75 Å². The molecule has 1 aromatic carbocycles. The van der Waals surface area contributed by atoms with E-state index in [4.69, 9.17) is 27.9 Å². The number of aliphatic carboxylic acids is 1. The second-order valence-electron chi connectivity index (χ2n) is 8.63. The van der Waals surface area contributed by atoms with E-state index in [0.717, 1.165) is 4.90 Å². The zero-order valence-corrected chi connectivity index (χ0v) is 20.8. The third kappa shape index (κ3) is 4.13. The molecule has 0 bridgehead atoms. The minimum Gasteiger partial charge on any atom is -0.497 e. The van der Waals surface area contributed by atoms with Gasteiger partial charge in [-0.1, -0.05) is 23.2 Å². The van der Waals surface area contributed by atoms with Gasteiger partial charge in [0.25, 0.3) is 0 Å². The summed E-state index contributed by atoms with van der Waals surface area (Å²) in [6.07, 6.45) is 1.19. The molecule has 0 unspecified atom stereocenters. The van der Waals surface area contributed by atoms with E-state index in [0.29, 0.717) is 29.6 Å². The normalized spacial score (nSPS) is 22.3. The van der Waals surface area contributed by atoms with E-state index < -0.39 is 38.4 Å². The van der Waals surface area contributed by atoms with Crippen LogP contribution < -0.4 is 4.74 Å². The number of nitrogens with zero attached hydrogens (tertiary/aromatic N) is 3. The summed E-state index contributed by atoms with van der Waals surface area (Å²) in [5.74, 6) is -1.34. The first-order valence-corrected chi connectivity index (χ1v) is 12.7. The summed E-state index contributed by atoms with van der Waals surface area (Å²) in [7, 11) is -0.767. The molecule has 2 aliphatic rings. The highest BCUT2D eigenvalue weighted by atomic mass is 35.5. The van der Waals surface area contributed by atoms with Crippen molar-refractivity contribution in [3.05, 3.63) is 52.3 Å². The minimum absolute atomic E-state index is 0.0292. The third-order valence-corrected chi connectivity index (χ3v) is 9.24. The molecule has 3 heterocycles. The number of hydrogen-bond acceptors (Lipinski definition) is 7. The Labute approximate surface area is 207 Å². The average Bonchev–Trinajstić information content (AvgIpc) is 3.23. The average molecular weight is 528 g/mol. The van der Waals surface area contributed by atoms with Crippen molar-refractivity contribution in [2.75, 3.05) is 33.8 Å². The summed E-state index contributed by atoms with van der Waals surface area (Å²) in [6, 6.07) is 6.15. The topological polar surface area (TPSA) is 117 Å². The molecular formula is C22H23Cl2N3O6S. The number of methoxy groups -OCH3 is 1. The van der Waals surface area contributed by atoms with Gasteiger partial charge in [-0.2, -0.15) is 0 Å². The van der Waals surface area contributed by atoms with Crippen LogP contribution in [0.15, 0.2) is 41.4 Å². The van der Waals surface area contributed by atoms with Gasteiger partial charge in [0, 0.05) is 31.9 Å². The highest BCUT2D eigenvalue weighted by molar-refractivity contribution is 7.92. The van der Waals surface area contributed by atoms with Crippen LogP contribution in [0.4, 0.5) is 0 Å². The van der Waals surface area contributed by atoms with Gasteiger partial charge in [0.05, 0.1) is 33.0 Å². The monoisotopic (exact) mass is 527 g/mol. The number of carbonyl (C=O) groups excluding carboxylic acids is 1. The molecule has 2 atom stereocenters. The number of carboxylic acid groups (broad SMARTS) is 1. The van der Waals surface area contributed by atoms with E-state index in [9.17, 15) is 23.1 Å². The summed E-state index contributed by atoms with van der Waals surface area (Å²) in [4.78, 5) is 33.1. The summed E-state index contributed by atoms with van der Waals surface area (Å²) < 4.78 is 31.9. The van der Waals surface area contributed by atoms with Gasteiger partial charge >= 0.3 is 5.97 Å². The lowest BCUT2D eigenvalue weighted by Crippen LogP contribution is -2.66. The number of sulfone groups is 1. The maximum absolute atomic E-state index is 13.8. The highest BCUT2D eigenvalue weighted by Gasteiger charge is 2.56. The number of aromatic nitrogens is 1. The molecule has 1 aromatic heterocycles. The van der Waals surface area contributed by atoms with Gasteiger partial charge in [-0.3, -0.25) is 9.78 Å². The number of likely N-dealkylation sites (tertiary alicyclic amines) is 2. The van der Waals surface area contributed by atoms with Crippen molar-refractivity contribution >= 4 is 44.9 Å². The minimum atomic E-state index is -4.03. The number of likely N-dealkylation sites (N-methyl/N-ethyl adjacent to an activating group) is 1. The molecule has 2 fully saturated rings. The molecule has 2 saturated heterocycles. The van der Waals surface area contributed by atoms with Crippen LogP contribution in [0.5, 0.6) is 5.75 Å². The number of amides is 1. The van der Waals surface area contributed by atoms with E-state index in [1.54, 1.807) is 12.1 Å². The summed E-state index contributed by atoms with van der Waals surface area (Å²) in [6.45, 7) is 0.385. The van der Waals surface area contributed by atoms with E-state index in [2.05, 4.69) is 4.98 Å². The van der Waals surface area contributed by atoms with Gasteiger partial charge in [0.1, 0.15) is 17.2 Å². The van der Waals surface area contributed by atoms with Crippen molar-refractivity contribution in [3.63, 3.8) is 0 Å². The van der Waals surface area contributed by atoms with Crippen LogP contribution in [0.1, 0.15) is 12.1 Å². The van der Waals surface area contributed by atoms with Crippen LogP contribution in [-0.4, -0.2) is 85.3 Å². The van der Waals surface area contributed by atoms with Gasteiger partial charge in [-0.25, -0.2) is 13.2 Å². The number of benzene rings is 1. The Balaban J connectivity index is 1.68. The smallest absolute Gasteiger partial charge is 0.326 e. The zero-order valence-electron chi connectivity index (χ0n) is 18.4. The fraction of sp³-hybridized carbons (Fsp3) is 0.409. The van der Waals surface area contributed by atoms with E-state index in [-0.39, 0.29) is 22.9 Å². The van der Waals surface area contributed by atoms with Gasteiger partial charge in [-0.15, -0.1) is 0 Å². The molecule has 0 radical (unpaired) electrons. The van der Waals surface area contributed by atoms with Crippen LogP contribution in [-0.2, 0) is 24.8 Å². The Hall–Kier alpha value is -2.40. The van der Waals surface area contributed by atoms with Gasteiger partial charge in [-0.05, 0) is 37.7 Å². The summed E-state index contributed by atoms with van der Waals surface area (Å²) in [5.41, 5.74) is -0.614. The SMILES string of the molecule is COc1ccc(S(=O)(=O)[C@@H]2C[C@@H](C(=O)O)N(C(=O)C3(c4ccc(Cl)cn4)CN(C)C3)C2)c(Cl)c1. The second kappa shape index (κ2) is 8.99. The van der Waals surface area contributed by atoms with Crippen LogP contribution >= 0.6 is 23.2 Å². The number of pyridine rings is 1. The highest BCUT2D eigenvalue weighted by Crippen LogP contribution is 2.39. The van der Waals surface area contributed by atoms with Crippen molar-refractivity contribution < 1.29 is 27.9 Å². The molecule has 12 heteroatoms. The summed E-state index contributed by atoms with van der Waals surface area (Å²) in [5, 5.41) is 9.10. The standard InChI is InChI=1S/C22H23Cl2N3O6S/c1-26-11-22(12-26,19-6-3-13(23)9-25-19)21(30)27-10-15(8-17(27)20(28)29)34(31,32)18-5-4-14(33-2)7-16(18)24/h3-7,9,15,17H,8,10-12H2,1-2H3,(H,28,29)/t15-,17+/m1/s1. The van der Waals surface area contributed by atoms with Crippen LogP contribution in [0.25, 0.3) is 0 Å². The maximum Gasteiger partial charge on any atom is 0.326 e. The number of halogens is 2. The van der Waals surface area contributed by atoms with E-state index in [1.807, 2.05) is 11.9 Å².